The highest BCUT2D eigenvalue weighted by Crippen LogP contribution is 2.40. The van der Waals surface area contributed by atoms with Crippen molar-refractivity contribution in [2.75, 3.05) is 18.5 Å². The lowest BCUT2D eigenvalue weighted by Crippen LogP contribution is -2.39. The summed E-state index contributed by atoms with van der Waals surface area (Å²) in [5, 5.41) is 7.23. The molecule has 0 saturated carbocycles. The molecule has 0 bridgehead atoms. The van der Waals surface area contributed by atoms with Gasteiger partial charge in [0.1, 0.15) is 11.2 Å². The number of nitrogens with zero attached hydrogens (tertiary/aromatic N) is 2. The molecule has 4 heterocycles. The summed E-state index contributed by atoms with van der Waals surface area (Å²) in [6.07, 6.45) is 3.50. The van der Waals surface area contributed by atoms with E-state index in [1.54, 1.807) is 24.2 Å². The molecule has 2 N–H and O–H groups in total. The minimum atomic E-state index is -0.301. The van der Waals surface area contributed by atoms with Crippen molar-refractivity contribution >= 4 is 28.3 Å². The molecule has 0 spiro atoms. The van der Waals surface area contributed by atoms with E-state index >= 15 is 0 Å². The van der Waals surface area contributed by atoms with E-state index in [-0.39, 0.29) is 18.2 Å². The van der Waals surface area contributed by atoms with Gasteiger partial charge in [-0.1, -0.05) is 6.07 Å². The van der Waals surface area contributed by atoms with Crippen LogP contribution in [0.4, 0.5) is 9.80 Å². The van der Waals surface area contributed by atoms with Crippen molar-refractivity contribution in [1.82, 2.24) is 15.2 Å². The van der Waals surface area contributed by atoms with E-state index in [2.05, 4.69) is 15.6 Å². The molecule has 0 fully saturated rings. The number of pyridine rings is 1. The van der Waals surface area contributed by atoms with E-state index in [9.17, 15) is 9.59 Å². The smallest absolute Gasteiger partial charge is 0.410 e. The third-order valence-electron chi connectivity index (χ3n) is 4.38. The van der Waals surface area contributed by atoms with Gasteiger partial charge >= 0.3 is 6.09 Å². The van der Waals surface area contributed by atoms with Gasteiger partial charge in [0.2, 0.25) is 0 Å². The number of carbonyl (C=O) groups is 2. The van der Waals surface area contributed by atoms with E-state index in [0.29, 0.717) is 31.7 Å². The number of amides is 2. The maximum atomic E-state index is 12.7. The standard InChI is InChI=1S/C17H18N4O3S/c1-2-24-17(23)21-7-5-11-12(9-21)25-16-13(11)15(22)19-14(20-16)10-4-3-6-18-8-10/h3-4,6,8,14,20H,2,5,7,9H2,1H3,(H,19,22)/t14-/m1/s1. The second kappa shape index (κ2) is 6.36. The fourth-order valence-electron chi connectivity index (χ4n) is 3.20. The molecule has 7 nitrogen and oxygen atoms in total. The number of nitrogens with one attached hydrogen (secondary N) is 2. The molecular formula is C17H18N4O3S. The molecule has 0 unspecified atom stereocenters. The second-order valence-corrected chi connectivity index (χ2v) is 7.02. The summed E-state index contributed by atoms with van der Waals surface area (Å²) in [6, 6.07) is 3.77. The number of anilines is 1. The average molecular weight is 358 g/mol. The van der Waals surface area contributed by atoms with E-state index < -0.39 is 0 Å². The largest absolute Gasteiger partial charge is 0.450 e. The molecule has 0 aromatic carbocycles. The number of aromatic nitrogens is 1. The molecular weight excluding hydrogens is 340 g/mol. The first-order valence-corrected chi connectivity index (χ1v) is 9.02. The van der Waals surface area contributed by atoms with Gasteiger partial charge in [-0.05, 0) is 25.0 Å². The number of rotatable bonds is 2. The van der Waals surface area contributed by atoms with Crippen LogP contribution in [0.1, 0.15) is 39.5 Å². The van der Waals surface area contributed by atoms with Crippen LogP contribution < -0.4 is 10.6 Å². The number of ether oxygens (including phenoxy) is 1. The van der Waals surface area contributed by atoms with Crippen molar-refractivity contribution in [3.05, 3.63) is 46.1 Å². The zero-order chi connectivity index (χ0) is 17.4. The topological polar surface area (TPSA) is 83.6 Å². The molecule has 8 heteroatoms. The number of carbonyl (C=O) groups excluding carboxylic acids is 2. The van der Waals surface area contributed by atoms with Crippen molar-refractivity contribution in [3.63, 3.8) is 0 Å². The van der Waals surface area contributed by atoms with Gasteiger partial charge in [-0.3, -0.25) is 9.78 Å². The maximum Gasteiger partial charge on any atom is 0.410 e. The Morgan fingerprint density at radius 1 is 1.48 bits per heavy atom. The lowest BCUT2D eigenvalue weighted by atomic mass is 10.0. The highest BCUT2D eigenvalue weighted by atomic mass is 32.1. The predicted molar refractivity (Wildman–Crippen MR) is 93.5 cm³/mol. The highest BCUT2D eigenvalue weighted by molar-refractivity contribution is 7.16. The fraction of sp³-hybridized carbons (Fsp3) is 0.353. The van der Waals surface area contributed by atoms with Gasteiger partial charge in [0.15, 0.2) is 0 Å². The summed E-state index contributed by atoms with van der Waals surface area (Å²) in [6.45, 7) is 3.20. The van der Waals surface area contributed by atoms with Crippen molar-refractivity contribution in [2.24, 2.45) is 0 Å². The van der Waals surface area contributed by atoms with Crippen LogP contribution in [0.15, 0.2) is 24.5 Å². The molecule has 2 aromatic rings. The maximum absolute atomic E-state index is 12.7. The summed E-state index contributed by atoms with van der Waals surface area (Å²) >= 11 is 1.54. The van der Waals surface area contributed by atoms with E-state index in [1.165, 1.54) is 11.3 Å². The van der Waals surface area contributed by atoms with Gasteiger partial charge in [-0.25, -0.2) is 4.79 Å². The van der Waals surface area contributed by atoms with E-state index in [1.807, 2.05) is 12.1 Å². The van der Waals surface area contributed by atoms with Gasteiger partial charge in [0, 0.05) is 29.4 Å². The molecule has 2 aliphatic heterocycles. The molecule has 2 aromatic heterocycles. The van der Waals surface area contributed by atoms with Crippen molar-refractivity contribution in [1.29, 1.82) is 0 Å². The molecule has 130 valence electrons. The van der Waals surface area contributed by atoms with Gasteiger partial charge in [-0.15, -0.1) is 11.3 Å². The number of hydrogen-bond acceptors (Lipinski definition) is 6. The molecule has 0 aliphatic carbocycles. The van der Waals surface area contributed by atoms with E-state index in [4.69, 9.17) is 4.74 Å². The first-order chi connectivity index (χ1) is 12.2. The van der Waals surface area contributed by atoms with Gasteiger partial charge in [0.25, 0.3) is 5.91 Å². The lowest BCUT2D eigenvalue weighted by molar-refractivity contribution is 0.0934. The first kappa shape index (κ1) is 15.9. The molecule has 4 rings (SSSR count). The number of thiophene rings is 1. The van der Waals surface area contributed by atoms with Crippen molar-refractivity contribution in [3.8, 4) is 0 Å². The van der Waals surface area contributed by atoms with Crippen molar-refractivity contribution < 1.29 is 14.3 Å². The summed E-state index contributed by atoms with van der Waals surface area (Å²) in [7, 11) is 0. The van der Waals surface area contributed by atoms with Crippen LogP contribution in [-0.4, -0.2) is 35.0 Å². The lowest BCUT2D eigenvalue weighted by Gasteiger charge is -2.28. The minimum absolute atomic E-state index is 0.0790. The Balaban J connectivity index is 1.60. The van der Waals surface area contributed by atoms with Crippen LogP contribution in [0.2, 0.25) is 0 Å². The van der Waals surface area contributed by atoms with Gasteiger partial charge in [-0.2, -0.15) is 0 Å². The predicted octanol–water partition coefficient (Wildman–Crippen LogP) is 2.51. The Labute approximate surface area is 149 Å². The van der Waals surface area contributed by atoms with Crippen LogP contribution in [0.3, 0.4) is 0 Å². The summed E-state index contributed by atoms with van der Waals surface area (Å²) in [5.41, 5.74) is 2.65. The Hall–Kier alpha value is -2.61. The van der Waals surface area contributed by atoms with E-state index in [0.717, 1.165) is 21.0 Å². The molecule has 0 saturated heterocycles. The van der Waals surface area contributed by atoms with Gasteiger partial charge in [0.05, 0.1) is 18.7 Å². The monoisotopic (exact) mass is 358 g/mol. The third-order valence-corrected chi connectivity index (χ3v) is 5.53. The number of hydrogen-bond donors (Lipinski definition) is 2. The molecule has 0 radical (unpaired) electrons. The summed E-state index contributed by atoms with van der Waals surface area (Å²) in [5.74, 6) is -0.0790. The van der Waals surface area contributed by atoms with Crippen LogP contribution in [-0.2, 0) is 17.7 Å². The third kappa shape index (κ3) is 2.82. The molecule has 2 amide bonds. The van der Waals surface area contributed by atoms with Gasteiger partial charge < -0.3 is 20.3 Å². The zero-order valence-electron chi connectivity index (χ0n) is 13.7. The number of fused-ring (bicyclic) bond motifs is 3. The summed E-state index contributed by atoms with van der Waals surface area (Å²) < 4.78 is 5.08. The SMILES string of the molecule is CCOC(=O)N1CCc2c(sc3c2C(=O)N[C@@H](c2cccnc2)N3)C1. The second-order valence-electron chi connectivity index (χ2n) is 5.92. The molecule has 1 atom stereocenters. The fourth-order valence-corrected chi connectivity index (χ4v) is 4.49. The minimum Gasteiger partial charge on any atom is -0.450 e. The average Bonchev–Trinajstić information content (AvgIpc) is 3.00. The Bertz CT molecular complexity index is 821. The molecule has 2 aliphatic rings. The van der Waals surface area contributed by atoms with Crippen LogP contribution in [0, 0.1) is 0 Å². The molecule has 25 heavy (non-hydrogen) atoms. The zero-order valence-corrected chi connectivity index (χ0v) is 14.6. The van der Waals surface area contributed by atoms with Crippen LogP contribution in [0.25, 0.3) is 0 Å². The Morgan fingerprint density at radius 3 is 3.12 bits per heavy atom. The van der Waals surface area contributed by atoms with Crippen LogP contribution in [0.5, 0.6) is 0 Å². The Morgan fingerprint density at radius 2 is 2.36 bits per heavy atom. The normalized spacial score (nSPS) is 18.7. The van der Waals surface area contributed by atoms with Crippen LogP contribution >= 0.6 is 11.3 Å². The quantitative estimate of drug-likeness (QED) is 0.862. The van der Waals surface area contributed by atoms with Crippen molar-refractivity contribution in [2.45, 2.75) is 26.1 Å². The highest BCUT2D eigenvalue weighted by Gasteiger charge is 2.34. The Kier molecular flexibility index (Phi) is 4.04. The summed E-state index contributed by atoms with van der Waals surface area (Å²) in [4.78, 5) is 31.4. The first-order valence-electron chi connectivity index (χ1n) is 8.21.